The van der Waals surface area contributed by atoms with Crippen molar-refractivity contribution in [3.8, 4) is 0 Å². The van der Waals surface area contributed by atoms with Crippen LogP contribution in [0.5, 0.6) is 0 Å². The van der Waals surface area contributed by atoms with E-state index in [0.717, 1.165) is 19.1 Å². The molecule has 1 aliphatic heterocycles. The van der Waals surface area contributed by atoms with Gasteiger partial charge in [0.2, 0.25) is 10.0 Å². The lowest BCUT2D eigenvalue weighted by Gasteiger charge is -2.20. The van der Waals surface area contributed by atoms with Crippen LogP contribution in [0.1, 0.15) is 23.2 Å². The number of sulfonamides is 1. The van der Waals surface area contributed by atoms with Crippen molar-refractivity contribution in [1.29, 1.82) is 0 Å². The highest BCUT2D eigenvalue weighted by Crippen LogP contribution is 2.21. The van der Waals surface area contributed by atoms with Gasteiger partial charge in [0.25, 0.3) is 0 Å². The molecule has 19 heavy (non-hydrogen) atoms. The third kappa shape index (κ3) is 4.04. The van der Waals surface area contributed by atoms with Gasteiger partial charge in [-0.05, 0) is 37.1 Å². The number of rotatable bonds is 4. The molecule has 1 N–H and O–H groups in total. The van der Waals surface area contributed by atoms with E-state index in [0.29, 0.717) is 24.5 Å². The van der Waals surface area contributed by atoms with Gasteiger partial charge in [-0.15, -0.1) is 0 Å². The summed E-state index contributed by atoms with van der Waals surface area (Å²) in [5, 5.41) is 0. The Morgan fingerprint density at radius 3 is 2.32 bits per heavy atom. The number of anilines is 1. The van der Waals surface area contributed by atoms with Crippen LogP contribution >= 0.6 is 0 Å². The minimum Gasteiger partial charge on any atom is -0.381 e. The second-order valence-electron chi connectivity index (χ2n) is 4.70. The van der Waals surface area contributed by atoms with E-state index in [1.165, 1.54) is 0 Å². The molecule has 0 aromatic heterocycles. The molecule has 6 heteroatoms. The topological polar surface area (TPSA) is 72.5 Å². The maximum absolute atomic E-state index is 12.2. The van der Waals surface area contributed by atoms with E-state index in [1.54, 1.807) is 24.3 Å². The van der Waals surface area contributed by atoms with Crippen LogP contribution in [0.2, 0.25) is 0 Å². The fourth-order valence-electron chi connectivity index (χ4n) is 2.11. The highest BCUT2D eigenvalue weighted by Gasteiger charge is 2.22. The third-order valence-corrected chi connectivity index (χ3v) is 3.67. The van der Waals surface area contributed by atoms with Crippen LogP contribution in [0.3, 0.4) is 0 Å². The number of nitrogens with one attached hydrogen (secondary N) is 1. The number of benzene rings is 1. The molecule has 1 aromatic carbocycles. The molecule has 1 heterocycles. The second-order valence-corrected chi connectivity index (χ2v) is 6.45. The van der Waals surface area contributed by atoms with Crippen molar-refractivity contribution in [2.24, 2.45) is 5.92 Å². The fourth-order valence-corrected chi connectivity index (χ4v) is 2.68. The normalized spacial score (nSPS) is 17.1. The number of carbonyl (C=O) groups is 1. The summed E-state index contributed by atoms with van der Waals surface area (Å²) in [5.41, 5.74) is 1.08. The fraction of sp³-hybridized carbons (Fsp3) is 0.462. The number of ketones is 1. The first-order valence-corrected chi connectivity index (χ1v) is 8.05. The quantitative estimate of drug-likeness (QED) is 0.853. The second kappa shape index (κ2) is 5.71. The summed E-state index contributed by atoms with van der Waals surface area (Å²) in [4.78, 5) is 12.2. The summed E-state index contributed by atoms with van der Waals surface area (Å²) in [6.45, 7) is 1.26. The van der Waals surface area contributed by atoms with Gasteiger partial charge in [-0.2, -0.15) is 0 Å². The number of Topliss-reactive ketones (excluding diaryl/α,β-unsaturated/α-hetero) is 1. The van der Waals surface area contributed by atoms with Crippen LogP contribution in [-0.4, -0.2) is 33.7 Å². The minimum atomic E-state index is -3.28. The van der Waals surface area contributed by atoms with Crippen LogP contribution in [0.15, 0.2) is 24.3 Å². The average Bonchev–Trinajstić information content (AvgIpc) is 2.38. The van der Waals surface area contributed by atoms with Gasteiger partial charge in [-0.25, -0.2) is 8.42 Å². The molecule has 1 aliphatic rings. The Balaban J connectivity index is 2.07. The first-order valence-electron chi connectivity index (χ1n) is 6.15. The molecule has 2 rings (SSSR count). The zero-order valence-electron chi connectivity index (χ0n) is 10.8. The molecule has 5 nitrogen and oxygen atoms in total. The molecule has 0 bridgehead atoms. The van der Waals surface area contributed by atoms with Gasteiger partial charge >= 0.3 is 0 Å². The molecule has 0 saturated carbocycles. The maximum atomic E-state index is 12.2. The predicted octanol–water partition coefficient (Wildman–Crippen LogP) is 1.67. The van der Waals surface area contributed by atoms with Crippen LogP contribution in [-0.2, 0) is 14.8 Å². The van der Waals surface area contributed by atoms with Gasteiger partial charge in [0.05, 0.1) is 6.26 Å². The van der Waals surface area contributed by atoms with Crippen LogP contribution < -0.4 is 4.72 Å². The summed E-state index contributed by atoms with van der Waals surface area (Å²) < 4.78 is 29.7. The SMILES string of the molecule is CS(=O)(=O)Nc1ccc(C(=O)C2CCOCC2)cc1. The van der Waals surface area contributed by atoms with Crippen molar-refractivity contribution in [3.05, 3.63) is 29.8 Å². The lowest BCUT2D eigenvalue weighted by Crippen LogP contribution is -2.23. The maximum Gasteiger partial charge on any atom is 0.229 e. The number of hydrogen-bond donors (Lipinski definition) is 1. The van der Waals surface area contributed by atoms with Gasteiger partial charge in [0, 0.05) is 30.4 Å². The van der Waals surface area contributed by atoms with E-state index in [9.17, 15) is 13.2 Å². The molecule has 1 aromatic rings. The van der Waals surface area contributed by atoms with Crippen molar-refractivity contribution < 1.29 is 17.9 Å². The van der Waals surface area contributed by atoms with Gasteiger partial charge in [0.15, 0.2) is 5.78 Å². The lowest BCUT2D eigenvalue weighted by molar-refractivity contribution is 0.0545. The standard InChI is InChI=1S/C13H17NO4S/c1-19(16,17)14-12-4-2-10(3-5-12)13(15)11-6-8-18-9-7-11/h2-5,11,14H,6-9H2,1H3. The molecule has 0 spiro atoms. The summed E-state index contributed by atoms with van der Waals surface area (Å²) in [5.74, 6) is 0.122. The number of hydrogen-bond acceptors (Lipinski definition) is 4. The van der Waals surface area contributed by atoms with Crippen LogP contribution in [0.4, 0.5) is 5.69 Å². The van der Waals surface area contributed by atoms with Crippen molar-refractivity contribution >= 4 is 21.5 Å². The minimum absolute atomic E-state index is 0.0162. The molecule has 104 valence electrons. The Morgan fingerprint density at radius 2 is 1.79 bits per heavy atom. The first kappa shape index (κ1) is 14.0. The molecule has 1 fully saturated rings. The molecule has 0 unspecified atom stereocenters. The van der Waals surface area contributed by atoms with Gasteiger partial charge in [0.1, 0.15) is 0 Å². The number of ether oxygens (including phenoxy) is 1. The molecule has 0 amide bonds. The lowest BCUT2D eigenvalue weighted by atomic mass is 9.91. The molecular formula is C13H17NO4S. The van der Waals surface area contributed by atoms with Crippen LogP contribution in [0, 0.1) is 5.92 Å². The van der Waals surface area contributed by atoms with Crippen molar-refractivity contribution in [2.75, 3.05) is 24.2 Å². The number of carbonyl (C=O) groups excluding carboxylic acids is 1. The monoisotopic (exact) mass is 283 g/mol. The highest BCUT2D eigenvalue weighted by molar-refractivity contribution is 7.92. The van der Waals surface area contributed by atoms with E-state index in [2.05, 4.69) is 4.72 Å². The van der Waals surface area contributed by atoms with E-state index in [4.69, 9.17) is 4.74 Å². The Hall–Kier alpha value is -1.40. The summed E-state index contributed by atoms with van der Waals surface area (Å²) >= 11 is 0. The smallest absolute Gasteiger partial charge is 0.229 e. The average molecular weight is 283 g/mol. The molecule has 0 aliphatic carbocycles. The Morgan fingerprint density at radius 1 is 1.21 bits per heavy atom. The molecule has 0 radical (unpaired) electrons. The predicted molar refractivity (Wildman–Crippen MR) is 72.8 cm³/mol. The van der Waals surface area contributed by atoms with Crippen molar-refractivity contribution in [3.63, 3.8) is 0 Å². The zero-order valence-corrected chi connectivity index (χ0v) is 11.6. The van der Waals surface area contributed by atoms with Crippen molar-refractivity contribution in [1.82, 2.24) is 0 Å². The summed E-state index contributed by atoms with van der Waals surface area (Å²) in [6, 6.07) is 6.53. The Bertz CT molecular complexity index is 545. The van der Waals surface area contributed by atoms with E-state index in [1.807, 2.05) is 0 Å². The highest BCUT2D eigenvalue weighted by atomic mass is 32.2. The Labute approximate surface area is 113 Å². The summed E-state index contributed by atoms with van der Waals surface area (Å²) in [7, 11) is -3.28. The van der Waals surface area contributed by atoms with E-state index >= 15 is 0 Å². The summed E-state index contributed by atoms with van der Waals surface area (Å²) in [6.07, 6.45) is 2.60. The Kier molecular flexibility index (Phi) is 4.21. The van der Waals surface area contributed by atoms with Crippen molar-refractivity contribution in [2.45, 2.75) is 12.8 Å². The van der Waals surface area contributed by atoms with Crippen LogP contribution in [0.25, 0.3) is 0 Å². The van der Waals surface area contributed by atoms with E-state index in [-0.39, 0.29) is 11.7 Å². The first-order chi connectivity index (χ1) is 8.96. The largest absolute Gasteiger partial charge is 0.381 e. The third-order valence-electron chi connectivity index (χ3n) is 3.06. The van der Waals surface area contributed by atoms with Gasteiger partial charge in [-0.1, -0.05) is 0 Å². The molecular weight excluding hydrogens is 266 g/mol. The van der Waals surface area contributed by atoms with Gasteiger partial charge in [-0.3, -0.25) is 9.52 Å². The molecule has 1 saturated heterocycles. The van der Waals surface area contributed by atoms with Gasteiger partial charge < -0.3 is 4.74 Å². The van der Waals surface area contributed by atoms with E-state index < -0.39 is 10.0 Å². The zero-order chi connectivity index (χ0) is 13.9. The molecule has 0 atom stereocenters.